The second-order valence-corrected chi connectivity index (χ2v) is 4.51. The molecule has 2 N–H and O–H groups in total. The van der Waals surface area contributed by atoms with Crippen LogP contribution < -0.4 is 5.73 Å². The van der Waals surface area contributed by atoms with Gasteiger partial charge >= 0.3 is 0 Å². The van der Waals surface area contributed by atoms with E-state index in [1.807, 2.05) is 24.4 Å². The molecule has 2 rings (SSSR count). The van der Waals surface area contributed by atoms with Gasteiger partial charge in [0.05, 0.1) is 12.2 Å². The first-order valence-corrected chi connectivity index (χ1v) is 6.09. The summed E-state index contributed by atoms with van der Waals surface area (Å²) in [5.41, 5.74) is 6.87. The molecule has 1 aliphatic rings. The SMILES string of the molecule is NCC1(OCCc2ccccn2)CCCC1. The van der Waals surface area contributed by atoms with Gasteiger partial charge in [-0.2, -0.15) is 0 Å². The average Bonchev–Trinajstić information content (AvgIpc) is 2.80. The van der Waals surface area contributed by atoms with Crippen LogP contribution in [0, 0.1) is 0 Å². The van der Waals surface area contributed by atoms with Gasteiger partial charge in [0.1, 0.15) is 0 Å². The Hall–Kier alpha value is -0.930. The van der Waals surface area contributed by atoms with Crippen molar-refractivity contribution in [2.75, 3.05) is 13.2 Å². The van der Waals surface area contributed by atoms with Crippen LogP contribution in [0.15, 0.2) is 24.4 Å². The maximum Gasteiger partial charge on any atom is 0.0804 e. The normalized spacial score (nSPS) is 18.8. The first-order valence-electron chi connectivity index (χ1n) is 6.09. The summed E-state index contributed by atoms with van der Waals surface area (Å²) in [7, 11) is 0. The van der Waals surface area contributed by atoms with E-state index in [2.05, 4.69) is 4.98 Å². The number of nitrogens with zero attached hydrogens (tertiary/aromatic N) is 1. The Morgan fingerprint density at radius 1 is 1.31 bits per heavy atom. The van der Waals surface area contributed by atoms with Crippen LogP contribution in [0.2, 0.25) is 0 Å². The molecule has 1 aromatic rings. The smallest absolute Gasteiger partial charge is 0.0804 e. The van der Waals surface area contributed by atoms with E-state index in [-0.39, 0.29) is 5.60 Å². The third-order valence-corrected chi connectivity index (χ3v) is 3.38. The fourth-order valence-corrected chi connectivity index (χ4v) is 2.34. The molecule has 16 heavy (non-hydrogen) atoms. The van der Waals surface area contributed by atoms with Gasteiger partial charge in [-0.1, -0.05) is 18.9 Å². The van der Waals surface area contributed by atoms with Crippen molar-refractivity contribution >= 4 is 0 Å². The number of pyridine rings is 1. The average molecular weight is 220 g/mol. The molecule has 0 amide bonds. The van der Waals surface area contributed by atoms with Crippen molar-refractivity contribution < 1.29 is 4.74 Å². The summed E-state index contributed by atoms with van der Waals surface area (Å²) in [4.78, 5) is 4.28. The zero-order valence-corrected chi connectivity index (χ0v) is 9.69. The van der Waals surface area contributed by atoms with Crippen LogP contribution >= 0.6 is 0 Å². The summed E-state index contributed by atoms with van der Waals surface area (Å²) >= 11 is 0. The van der Waals surface area contributed by atoms with Crippen LogP contribution in [0.5, 0.6) is 0 Å². The minimum absolute atomic E-state index is 0.0330. The Kier molecular flexibility index (Phi) is 3.91. The van der Waals surface area contributed by atoms with Crippen LogP contribution in [0.1, 0.15) is 31.4 Å². The van der Waals surface area contributed by atoms with E-state index in [4.69, 9.17) is 10.5 Å². The number of hydrogen-bond donors (Lipinski definition) is 1. The Morgan fingerprint density at radius 3 is 2.75 bits per heavy atom. The molecule has 1 saturated carbocycles. The quantitative estimate of drug-likeness (QED) is 0.824. The first-order chi connectivity index (χ1) is 7.85. The molecule has 1 aliphatic carbocycles. The summed E-state index contributed by atoms with van der Waals surface area (Å²) in [5.74, 6) is 0. The molecule has 1 heterocycles. The van der Waals surface area contributed by atoms with Gasteiger partial charge in [-0.15, -0.1) is 0 Å². The van der Waals surface area contributed by atoms with Gasteiger partial charge in [0, 0.05) is 24.9 Å². The van der Waals surface area contributed by atoms with E-state index in [0.29, 0.717) is 6.54 Å². The van der Waals surface area contributed by atoms with Crippen molar-refractivity contribution in [2.45, 2.75) is 37.7 Å². The lowest BCUT2D eigenvalue weighted by Gasteiger charge is -2.27. The highest BCUT2D eigenvalue weighted by molar-refractivity contribution is 5.03. The number of nitrogens with two attached hydrogens (primary N) is 1. The first kappa shape index (κ1) is 11.6. The highest BCUT2D eigenvalue weighted by Crippen LogP contribution is 2.32. The predicted octanol–water partition coefficient (Wildman–Crippen LogP) is 1.91. The highest BCUT2D eigenvalue weighted by Gasteiger charge is 2.32. The van der Waals surface area contributed by atoms with E-state index in [1.54, 1.807) is 0 Å². The molecule has 1 aromatic heterocycles. The Bertz CT molecular complexity index is 307. The monoisotopic (exact) mass is 220 g/mol. The van der Waals surface area contributed by atoms with Crippen LogP contribution in [0.4, 0.5) is 0 Å². The van der Waals surface area contributed by atoms with Crippen molar-refractivity contribution in [3.05, 3.63) is 30.1 Å². The molecule has 0 spiro atoms. The van der Waals surface area contributed by atoms with Gasteiger partial charge in [-0.25, -0.2) is 0 Å². The molecule has 0 aliphatic heterocycles. The molecule has 0 bridgehead atoms. The Morgan fingerprint density at radius 2 is 2.12 bits per heavy atom. The van der Waals surface area contributed by atoms with Gasteiger partial charge in [-0.05, 0) is 25.0 Å². The minimum Gasteiger partial charge on any atom is -0.373 e. The lowest BCUT2D eigenvalue weighted by Crippen LogP contribution is -2.38. The molecule has 1 fully saturated rings. The second kappa shape index (κ2) is 5.41. The molecule has 0 radical (unpaired) electrons. The van der Waals surface area contributed by atoms with Crippen molar-refractivity contribution in [1.29, 1.82) is 0 Å². The van der Waals surface area contributed by atoms with Crippen molar-refractivity contribution in [1.82, 2.24) is 4.98 Å². The summed E-state index contributed by atoms with van der Waals surface area (Å²) in [6, 6.07) is 5.98. The third-order valence-electron chi connectivity index (χ3n) is 3.38. The molecule has 3 nitrogen and oxygen atoms in total. The van der Waals surface area contributed by atoms with Gasteiger partial charge < -0.3 is 10.5 Å². The molecule has 0 unspecified atom stereocenters. The fraction of sp³-hybridized carbons (Fsp3) is 0.615. The lowest BCUT2D eigenvalue weighted by molar-refractivity contribution is -0.0322. The maximum absolute atomic E-state index is 5.98. The fourth-order valence-electron chi connectivity index (χ4n) is 2.34. The van der Waals surface area contributed by atoms with E-state index < -0.39 is 0 Å². The number of hydrogen-bond acceptors (Lipinski definition) is 3. The van der Waals surface area contributed by atoms with E-state index in [0.717, 1.165) is 31.6 Å². The zero-order valence-electron chi connectivity index (χ0n) is 9.69. The number of aromatic nitrogens is 1. The van der Waals surface area contributed by atoms with Crippen molar-refractivity contribution in [3.63, 3.8) is 0 Å². The van der Waals surface area contributed by atoms with Gasteiger partial charge in [0.25, 0.3) is 0 Å². The highest BCUT2D eigenvalue weighted by atomic mass is 16.5. The predicted molar refractivity (Wildman–Crippen MR) is 64.1 cm³/mol. The maximum atomic E-state index is 5.98. The van der Waals surface area contributed by atoms with Crippen molar-refractivity contribution in [3.8, 4) is 0 Å². The number of rotatable bonds is 5. The summed E-state index contributed by atoms with van der Waals surface area (Å²) < 4.78 is 5.98. The topological polar surface area (TPSA) is 48.1 Å². The molecule has 0 atom stereocenters. The minimum atomic E-state index is -0.0330. The largest absolute Gasteiger partial charge is 0.373 e. The summed E-state index contributed by atoms with van der Waals surface area (Å²) in [6.45, 7) is 1.38. The zero-order chi connectivity index (χ0) is 11.3. The standard InChI is InChI=1S/C13H20N2O/c14-11-13(7-2-3-8-13)16-10-6-12-5-1-4-9-15-12/h1,4-5,9H,2-3,6-8,10-11,14H2. The van der Waals surface area contributed by atoms with Gasteiger partial charge in [-0.3, -0.25) is 4.98 Å². The Balaban J connectivity index is 1.79. The van der Waals surface area contributed by atoms with Crippen molar-refractivity contribution in [2.24, 2.45) is 5.73 Å². The Labute approximate surface area is 97.0 Å². The molecular formula is C13H20N2O. The van der Waals surface area contributed by atoms with E-state index in [1.165, 1.54) is 12.8 Å². The van der Waals surface area contributed by atoms with Gasteiger partial charge in [0.15, 0.2) is 0 Å². The summed E-state index contributed by atoms with van der Waals surface area (Å²) in [5, 5.41) is 0. The molecule has 0 aromatic carbocycles. The molecular weight excluding hydrogens is 200 g/mol. The third kappa shape index (κ3) is 2.80. The van der Waals surface area contributed by atoms with Crippen LogP contribution in [-0.2, 0) is 11.2 Å². The van der Waals surface area contributed by atoms with E-state index in [9.17, 15) is 0 Å². The van der Waals surface area contributed by atoms with Crippen LogP contribution in [0.3, 0.4) is 0 Å². The second-order valence-electron chi connectivity index (χ2n) is 4.51. The summed E-state index contributed by atoms with van der Waals surface area (Å²) in [6.07, 6.45) is 7.44. The van der Waals surface area contributed by atoms with Gasteiger partial charge in [0.2, 0.25) is 0 Å². The van der Waals surface area contributed by atoms with Crippen LogP contribution in [-0.4, -0.2) is 23.7 Å². The molecule has 88 valence electrons. The molecule has 3 heteroatoms. The van der Waals surface area contributed by atoms with Crippen LogP contribution in [0.25, 0.3) is 0 Å². The molecule has 0 saturated heterocycles. The van der Waals surface area contributed by atoms with E-state index >= 15 is 0 Å². The lowest BCUT2D eigenvalue weighted by atomic mass is 10.0. The number of ether oxygens (including phenoxy) is 1.